The fourth-order valence-electron chi connectivity index (χ4n) is 4.90. The maximum absolute atomic E-state index is 15.6. The first-order valence-electron chi connectivity index (χ1n) is 13.0. The van der Waals surface area contributed by atoms with Crippen molar-refractivity contribution in [2.75, 3.05) is 19.6 Å². The van der Waals surface area contributed by atoms with Gasteiger partial charge in [-0.05, 0) is 64.4 Å². The van der Waals surface area contributed by atoms with Gasteiger partial charge in [-0.3, -0.25) is 4.79 Å². The minimum absolute atomic E-state index is 0.0472. The van der Waals surface area contributed by atoms with Gasteiger partial charge in [0.2, 0.25) is 11.8 Å². The lowest BCUT2D eigenvalue weighted by Gasteiger charge is -2.35. The van der Waals surface area contributed by atoms with Gasteiger partial charge >= 0.3 is 0 Å². The summed E-state index contributed by atoms with van der Waals surface area (Å²) in [6.45, 7) is 8.63. The number of aryl methyl sites for hydroxylation is 1. The lowest BCUT2D eigenvalue weighted by atomic mass is 9.81. The Morgan fingerprint density at radius 1 is 1.29 bits per heavy atom. The molecule has 1 saturated carbocycles. The molecule has 0 bridgehead atoms. The second-order valence-corrected chi connectivity index (χ2v) is 11.3. The van der Waals surface area contributed by atoms with Crippen molar-refractivity contribution in [1.82, 2.24) is 25.4 Å². The fourth-order valence-corrected chi connectivity index (χ4v) is 5.61. The van der Waals surface area contributed by atoms with E-state index >= 15 is 4.39 Å². The van der Waals surface area contributed by atoms with Crippen molar-refractivity contribution in [3.8, 4) is 5.88 Å². The summed E-state index contributed by atoms with van der Waals surface area (Å²) in [7, 11) is 0. The molecule has 1 N–H and O–H groups in total. The third kappa shape index (κ3) is 7.43. The molecule has 3 heterocycles. The van der Waals surface area contributed by atoms with E-state index < -0.39 is 5.67 Å². The molecule has 9 heteroatoms. The average molecular weight is 504 g/mol. The van der Waals surface area contributed by atoms with Gasteiger partial charge in [0, 0.05) is 43.9 Å². The summed E-state index contributed by atoms with van der Waals surface area (Å²) in [6.07, 6.45) is 6.09. The number of rotatable bonds is 9. The summed E-state index contributed by atoms with van der Waals surface area (Å²) in [4.78, 5) is 19.4. The molecule has 0 aromatic carbocycles. The molecule has 1 amide bonds. The number of pyridine rings is 1. The van der Waals surface area contributed by atoms with Crippen LogP contribution in [0.1, 0.15) is 73.6 Å². The Hall–Kier alpha value is -2.13. The first-order chi connectivity index (χ1) is 16.8. The van der Waals surface area contributed by atoms with E-state index in [-0.39, 0.29) is 24.5 Å². The maximum atomic E-state index is 15.6. The predicted octanol–water partition coefficient (Wildman–Crippen LogP) is 4.22. The van der Waals surface area contributed by atoms with Crippen molar-refractivity contribution in [2.24, 2.45) is 0 Å². The van der Waals surface area contributed by atoms with Crippen LogP contribution < -0.4 is 10.1 Å². The highest BCUT2D eigenvalue weighted by atomic mass is 32.1. The number of hydrogen-bond acceptors (Lipinski definition) is 7. The number of carbonyl (C=O) groups is 1. The van der Waals surface area contributed by atoms with E-state index in [2.05, 4.69) is 40.3 Å². The molecule has 0 saturated heterocycles. The zero-order valence-corrected chi connectivity index (χ0v) is 22.0. The van der Waals surface area contributed by atoms with Crippen LogP contribution in [0.15, 0.2) is 12.1 Å². The van der Waals surface area contributed by atoms with Crippen LogP contribution in [0.5, 0.6) is 5.88 Å². The number of amides is 1. The molecule has 2 aromatic rings. The molecule has 1 atom stereocenters. The Kier molecular flexibility index (Phi) is 8.70. The van der Waals surface area contributed by atoms with E-state index in [4.69, 9.17) is 9.72 Å². The van der Waals surface area contributed by atoms with Gasteiger partial charge in [-0.25, -0.2) is 9.37 Å². The number of fused-ring (bicyclic) bond motifs is 1. The number of aromatic nitrogens is 3. The maximum Gasteiger partial charge on any atom is 0.227 e. The molecule has 192 valence electrons. The molecular formula is C26H38FN5O2S. The first kappa shape index (κ1) is 25.9. The summed E-state index contributed by atoms with van der Waals surface area (Å²) in [5, 5.41) is 12.6. The Balaban J connectivity index is 1.20. The van der Waals surface area contributed by atoms with Crippen molar-refractivity contribution in [1.29, 1.82) is 0 Å². The Bertz CT molecular complexity index is 992. The van der Waals surface area contributed by atoms with E-state index in [1.807, 2.05) is 13.0 Å². The Morgan fingerprint density at radius 3 is 2.77 bits per heavy atom. The zero-order valence-electron chi connectivity index (χ0n) is 21.2. The number of nitrogens with one attached hydrogen (secondary N) is 1. The number of halogens is 1. The summed E-state index contributed by atoms with van der Waals surface area (Å²) in [5.41, 5.74) is 1.24. The molecule has 7 nitrogen and oxygen atoms in total. The highest BCUT2D eigenvalue weighted by molar-refractivity contribution is 7.11. The van der Waals surface area contributed by atoms with Crippen LogP contribution in [0, 0.1) is 6.92 Å². The molecule has 4 rings (SSSR count). The number of ether oxygens (including phenoxy) is 1. The van der Waals surface area contributed by atoms with Gasteiger partial charge in [0.15, 0.2) is 0 Å². The van der Waals surface area contributed by atoms with Gasteiger partial charge in [0.05, 0.1) is 12.5 Å². The lowest BCUT2D eigenvalue weighted by Crippen LogP contribution is -2.43. The quantitative estimate of drug-likeness (QED) is 0.552. The molecule has 35 heavy (non-hydrogen) atoms. The highest BCUT2D eigenvalue weighted by Gasteiger charge is 2.36. The molecule has 0 spiro atoms. The van der Waals surface area contributed by atoms with Gasteiger partial charge in [0.25, 0.3) is 0 Å². The predicted molar refractivity (Wildman–Crippen MR) is 136 cm³/mol. The molecule has 0 radical (unpaired) electrons. The Morgan fingerprint density at radius 2 is 2.06 bits per heavy atom. The number of carbonyl (C=O) groups excluding carboxylic acids is 1. The molecule has 2 aliphatic rings. The summed E-state index contributed by atoms with van der Waals surface area (Å²) >= 11 is 1.44. The third-order valence-corrected chi connectivity index (χ3v) is 8.14. The van der Waals surface area contributed by atoms with Crippen molar-refractivity contribution in [3.05, 3.63) is 33.4 Å². The van der Waals surface area contributed by atoms with Gasteiger partial charge in [-0.15, -0.1) is 21.5 Å². The monoisotopic (exact) mass is 503 g/mol. The number of nitrogens with zero attached hydrogens (tertiary/aromatic N) is 4. The summed E-state index contributed by atoms with van der Waals surface area (Å²) in [6, 6.07) is 4.16. The van der Waals surface area contributed by atoms with Gasteiger partial charge in [-0.1, -0.05) is 13.0 Å². The van der Waals surface area contributed by atoms with Gasteiger partial charge in [0.1, 0.15) is 15.7 Å². The minimum atomic E-state index is -1.15. The fraction of sp³-hybridized carbons (Fsp3) is 0.692. The second-order valence-electron chi connectivity index (χ2n) is 10.1. The molecule has 1 aliphatic carbocycles. The van der Waals surface area contributed by atoms with Crippen molar-refractivity contribution in [2.45, 2.75) is 96.4 Å². The van der Waals surface area contributed by atoms with E-state index in [0.29, 0.717) is 38.0 Å². The normalized spacial score (nSPS) is 23.8. The van der Waals surface area contributed by atoms with Crippen molar-refractivity contribution in [3.63, 3.8) is 0 Å². The second kappa shape index (κ2) is 11.7. The molecule has 2 aromatic heterocycles. The smallest absolute Gasteiger partial charge is 0.227 e. The SMILES string of the molecule is CC[C@@H](C)Oc1ccc2c(n1)CCN(CCC1(F)CCC(NC(=O)Cc3nnc(C)s3)CC1)CC2. The molecular weight excluding hydrogens is 465 g/mol. The first-order valence-corrected chi connectivity index (χ1v) is 13.8. The van der Waals surface area contributed by atoms with Gasteiger partial charge in [-0.2, -0.15) is 0 Å². The summed E-state index contributed by atoms with van der Waals surface area (Å²) < 4.78 is 21.5. The third-order valence-electron chi connectivity index (χ3n) is 7.30. The van der Waals surface area contributed by atoms with Crippen LogP contribution in [-0.4, -0.2) is 63.4 Å². The summed E-state index contributed by atoms with van der Waals surface area (Å²) in [5.74, 6) is 0.657. The van der Waals surface area contributed by atoms with E-state index in [0.717, 1.165) is 54.6 Å². The van der Waals surface area contributed by atoms with E-state index in [1.54, 1.807) is 0 Å². The molecule has 0 unspecified atom stereocenters. The topological polar surface area (TPSA) is 80.2 Å². The number of alkyl halides is 1. The van der Waals surface area contributed by atoms with Crippen LogP contribution in [-0.2, 0) is 24.1 Å². The number of hydrogen-bond donors (Lipinski definition) is 1. The lowest BCUT2D eigenvalue weighted by molar-refractivity contribution is -0.121. The minimum Gasteiger partial charge on any atom is -0.475 e. The van der Waals surface area contributed by atoms with Gasteiger partial charge < -0.3 is 15.0 Å². The van der Waals surface area contributed by atoms with Crippen molar-refractivity contribution >= 4 is 17.2 Å². The largest absolute Gasteiger partial charge is 0.475 e. The standard InChI is InChI=1S/C26H38FN5O2S/c1-4-18(2)34-24-6-5-20-9-14-32(15-10-22(20)29-24)16-13-26(27)11-7-21(8-12-26)28-23(33)17-25-31-30-19(3)35-25/h5-6,18,21H,4,7-17H2,1-3H3,(H,28,33)/t18-,21?,26?/m1/s1. The van der Waals surface area contributed by atoms with Crippen LogP contribution in [0.4, 0.5) is 4.39 Å². The zero-order chi connectivity index (χ0) is 24.8. The van der Waals surface area contributed by atoms with E-state index in [1.165, 1.54) is 16.9 Å². The molecule has 1 aliphatic heterocycles. The average Bonchev–Trinajstić information content (AvgIpc) is 3.13. The van der Waals surface area contributed by atoms with Crippen LogP contribution in [0.25, 0.3) is 0 Å². The Labute approximate surface area is 211 Å². The van der Waals surface area contributed by atoms with Crippen LogP contribution in [0.2, 0.25) is 0 Å². The van der Waals surface area contributed by atoms with Crippen LogP contribution >= 0.6 is 11.3 Å². The van der Waals surface area contributed by atoms with E-state index in [9.17, 15) is 4.79 Å². The molecule has 1 fully saturated rings. The highest BCUT2D eigenvalue weighted by Crippen LogP contribution is 2.35. The van der Waals surface area contributed by atoms with Crippen molar-refractivity contribution < 1.29 is 13.9 Å². The van der Waals surface area contributed by atoms with Crippen LogP contribution in [0.3, 0.4) is 0 Å².